The summed E-state index contributed by atoms with van der Waals surface area (Å²) in [6.07, 6.45) is 8.12. The Hall–Kier alpha value is -2.80. The lowest BCUT2D eigenvalue weighted by molar-refractivity contribution is -0.138. The Bertz CT molecular complexity index is 813. The van der Waals surface area contributed by atoms with Gasteiger partial charge in [-0.05, 0) is 31.4 Å². The number of ether oxygens (including phenoxy) is 2. The minimum absolute atomic E-state index is 0.0325. The van der Waals surface area contributed by atoms with Crippen molar-refractivity contribution < 1.29 is 24.2 Å². The number of rotatable bonds is 2. The maximum absolute atomic E-state index is 12.9. The Morgan fingerprint density at radius 3 is 2.54 bits per heavy atom. The highest BCUT2D eigenvalue weighted by Gasteiger charge is 2.42. The lowest BCUT2D eigenvalue weighted by Crippen LogP contribution is -2.34. The summed E-state index contributed by atoms with van der Waals surface area (Å²) in [5.41, 5.74) is 7.42. The molecule has 28 heavy (non-hydrogen) atoms. The number of hydrogen-bond acceptors (Lipinski definition) is 7. The van der Waals surface area contributed by atoms with E-state index in [1.165, 1.54) is 0 Å². The number of dihydropyridines is 1. The van der Waals surface area contributed by atoms with E-state index in [0.29, 0.717) is 35.4 Å². The van der Waals surface area contributed by atoms with Crippen molar-refractivity contribution >= 4 is 11.8 Å². The van der Waals surface area contributed by atoms with E-state index in [1.807, 2.05) is 26.0 Å². The SMILES string of the molecule is CCO.CCOC(=O)C1=C(N)OC2=C(C(=O)CC(C)(C)C2)/C1=C1\C=CC=CN1. The van der Waals surface area contributed by atoms with Crippen LogP contribution in [0.25, 0.3) is 0 Å². The van der Waals surface area contributed by atoms with E-state index in [4.69, 9.17) is 20.3 Å². The van der Waals surface area contributed by atoms with Crippen LogP contribution in [-0.4, -0.2) is 30.1 Å². The molecule has 2 aliphatic heterocycles. The second-order valence-corrected chi connectivity index (χ2v) is 7.27. The van der Waals surface area contributed by atoms with Crippen molar-refractivity contribution in [3.63, 3.8) is 0 Å². The molecule has 2 heterocycles. The van der Waals surface area contributed by atoms with Crippen molar-refractivity contribution in [1.82, 2.24) is 5.32 Å². The van der Waals surface area contributed by atoms with Crippen molar-refractivity contribution in [1.29, 1.82) is 0 Å². The van der Waals surface area contributed by atoms with E-state index < -0.39 is 5.97 Å². The summed E-state index contributed by atoms with van der Waals surface area (Å²) in [5.74, 6) is -0.182. The normalized spacial score (nSPS) is 22.7. The van der Waals surface area contributed by atoms with E-state index in [2.05, 4.69) is 5.32 Å². The van der Waals surface area contributed by atoms with E-state index >= 15 is 0 Å². The fourth-order valence-electron chi connectivity index (χ4n) is 3.29. The van der Waals surface area contributed by atoms with E-state index in [9.17, 15) is 9.59 Å². The predicted octanol–water partition coefficient (Wildman–Crippen LogP) is 2.32. The summed E-state index contributed by atoms with van der Waals surface area (Å²) in [7, 11) is 0. The Balaban J connectivity index is 0.000000878. The minimum Gasteiger partial charge on any atom is -0.462 e. The average Bonchev–Trinajstić information content (AvgIpc) is 2.61. The van der Waals surface area contributed by atoms with Crippen molar-refractivity contribution in [2.45, 2.75) is 40.5 Å². The first kappa shape index (κ1) is 21.5. The van der Waals surface area contributed by atoms with Crippen LogP contribution in [0.3, 0.4) is 0 Å². The van der Waals surface area contributed by atoms with Crippen molar-refractivity contribution in [2.75, 3.05) is 13.2 Å². The molecular formula is C21H28N2O5. The van der Waals surface area contributed by atoms with E-state index in [-0.39, 0.29) is 35.9 Å². The Morgan fingerprint density at radius 1 is 1.29 bits per heavy atom. The molecule has 7 nitrogen and oxygen atoms in total. The number of nitrogens with one attached hydrogen (secondary N) is 1. The fraction of sp³-hybridized carbons (Fsp3) is 0.429. The van der Waals surface area contributed by atoms with Crippen LogP contribution in [0, 0.1) is 5.41 Å². The summed E-state index contributed by atoms with van der Waals surface area (Å²) in [6.45, 7) is 7.86. The Morgan fingerprint density at radius 2 is 1.96 bits per heavy atom. The number of carbonyl (C=O) groups excluding carboxylic acids is 2. The van der Waals surface area contributed by atoms with Gasteiger partial charge in [0.2, 0.25) is 5.88 Å². The van der Waals surface area contributed by atoms with Crippen LogP contribution >= 0.6 is 0 Å². The Labute approximate surface area is 165 Å². The molecule has 4 N–H and O–H groups in total. The fourth-order valence-corrected chi connectivity index (χ4v) is 3.29. The zero-order valence-electron chi connectivity index (χ0n) is 16.8. The molecule has 0 radical (unpaired) electrons. The van der Waals surface area contributed by atoms with Crippen LogP contribution in [0.4, 0.5) is 0 Å². The quantitative estimate of drug-likeness (QED) is 0.623. The maximum Gasteiger partial charge on any atom is 0.344 e. The zero-order chi connectivity index (χ0) is 20.9. The van der Waals surface area contributed by atoms with Crippen LogP contribution in [0.1, 0.15) is 40.5 Å². The molecule has 0 amide bonds. The molecule has 1 aliphatic carbocycles. The standard InChI is InChI=1S/C19H22N2O4.C2H6O/c1-4-24-18(23)16-14(11-7-5-6-8-21-11)15-12(22)9-19(2,3)10-13(15)25-17(16)20;1-2-3/h5-8,21H,4,9-10,20H2,1-3H3;3H,2H2,1H3/b14-11-;. The van der Waals surface area contributed by atoms with Crippen LogP contribution in [0.5, 0.6) is 0 Å². The van der Waals surface area contributed by atoms with Gasteiger partial charge in [0, 0.05) is 36.9 Å². The monoisotopic (exact) mass is 388 g/mol. The highest BCUT2D eigenvalue weighted by Crippen LogP contribution is 2.45. The molecule has 0 fully saturated rings. The second kappa shape index (κ2) is 8.93. The molecule has 3 aliphatic rings. The average molecular weight is 388 g/mol. The lowest BCUT2D eigenvalue weighted by Gasteiger charge is -2.35. The number of esters is 1. The van der Waals surface area contributed by atoms with E-state index in [0.717, 1.165) is 0 Å². The smallest absolute Gasteiger partial charge is 0.344 e. The van der Waals surface area contributed by atoms with Gasteiger partial charge in [0.05, 0.1) is 12.2 Å². The van der Waals surface area contributed by atoms with Crippen molar-refractivity contribution in [3.05, 3.63) is 58.5 Å². The molecule has 0 unspecified atom stereocenters. The number of allylic oxidation sites excluding steroid dienone is 5. The summed E-state index contributed by atoms with van der Waals surface area (Å²) >= 11 is 0. The summed E-state index contributed by atoms with van der Waals surface area (Å²) in [6, 6.07) is 0. The summed E-state index contributed by atoms with van der Waals surface area (Å²) in [4.78, 5) is 25.4. The van der Waals surface area contributed by atoms with Gasteiger partial charge in [0.15, 0.2) is 5.78 Å². The molecule has 0 atom stereocenters. The molecular weight excluding hydrogens is 360 g/mol. The van der Waals surface area contributed by atoms with Gasteiger partial charge in [-0.2, -0.15) is 0 Å². The third kappa shape index (κ3) is 4.54. The molecule has 0 spiro atoms. The summed E-state index contributed by atoms with van der Waals surface area (Å²) < 4.78 is 10.8. The highest BCUT2D eigenvalue weighted by molar-refractivity contribution is 6.08. The van der Waals surface area contributed by atoms with Crippen LogP contribution in [0.2, 0.25) is 0 Å². The van der Waals surface area contributed by atoms with Gasteiger partial charge in [-0.1, -0.05) is 19.9 Å². The van der Waals surface area contributed by atoms with Gasteiger partial charge in [-0.25, -0.2) is 4.79 Å². The highest BCUT2D eigenvalue weighted by atomic mass is 16.5. The predicted molar refractivity (Wildman–Crippen MR) is 105 cm³/mol. The molecule has 0 saturated heterocycles. The van der Waals surface area contributed by atoms with Gasteiger partial charge in [-0.15, -0.1) is 0 Å². The number of aliphatic hydroxyl groups is 1. The van der Waals surface area contributed by atoms with Crippen molar-refractivity contribution in [2.24, 2.45) is 11.1 Å². The largest absolute Gasteiger partial charge is 0.462 e. The van der Waals surface area contributed by atoms with Crippen LogP contribution in [0.15, 0.2) is 58.5 Å². The first-order valence-electron chi connectivity index (χ1n) is 9.32. The summed E-state index contributed by atoms with van der Waals surface area (Å²) in [5, 5.41) is 10.7. The minimum atomic E-state index is -0.601. The number of hydrogen-bond donors (Lipinski definition) is 3. The molecule has 7 heteroatoms. The van der Waals surface area contributed by atoms with Gasteiger partial charge in [0.1, 0.15) is 11.3 Å². The molecule has 0 aromatic carbocycles. The van der Waals surface area contributed by atoms with Gasteiger partial charge < -0.3 is 25.6 Å². The molecule has 0 aromatic heterocycles. The van der Waals surface area contributed by atoms with Crippen LogP contribution < -0.4 is 11.1 Å². The van der Waals surface area contributed by atoms with Gasteiger partial charge in [-0.3, -0.25) is 4.79 Å². The third-order valence-corrected chi connectivity index (χ3v) is 4.27. The maximum atomic E-state index is 12.9. The van der Waals surface area contributed by atoms with E-state index in [1.54, 1.807) is 26.1 Å². The third-order valence-electron chi connectivity index (χ3n) is 4.27. The van der Waals surface area contributed by atoms with Gasteiger partial charge >= 0.3 is 5.97 Å². The van der Waals surface area contributed by atoms with Crippen LogP contribution in [-0.2, 0) is 19.1 Å². The Kier molecular flexibility index (Phi) is 6.85. The van der Waals surface area contributed by atoms with Crippen molar-refractivity contribution in [3.8, 4) is 0 Å². The molecule has 0 bridgehead atoms. The number of ketones is 1. The first-order valence-corrected chi connectivity index (χ1v) is 9.32. The zero-order valence-corrected chi connectivity index (χ0v) is 16.8. The lowest BCUT2D eigenvalue weighted by atomic mass is 9.73. The topological polar surface area (TPSA) is 111 Å². The molecule has 0 saturated carbocycles. The number of Topliss-reactive ketones (excluding diaryl/α,β-unsaturated/α-hetero) is 1. The first-order chi connectivity index (χ1) is 13.3. The second-order valence-electron chi connectivity index (χ2n) is 7.27. The van der Waals surface area contributed by atoms with Gasteiger partial charge in [0.25, 0.3) is 0 Å². The number of carbonyl (C=O) groups is 2. The molecule has 3 rings (SSSR count). The number of nitrogens with two attached hydrogens (primary N) is 1. The number of aliphatic hydroxyl groups excluding tert-OH is 1. The molecule has 0 aromatic rings. The molecule has 152 valence electrons.